The fourth-order valence-corrected chi connectivity index (χ4v) is 2.05. The van der Waals surface area contributed by atoms with Crippen LogP contribution in [0.4, 0.5) is 23.2 Å². The van der Waals surface area contributed by atoms with E-state index in [1.807, 2.05) is 23.0 Å². The second-order valence-electron chi connectivity index (χ2n) is 4.80. The van der Waals surface area contributed by atoms with Crippen LogP contribution >= 0.6 is 0 Å². The molecule has 0 aliphatic heterocycles. The number of hydrogen-bond donors (Lipinski definition) is 1. The lowest BCUT2D eigenvalue weighted by Crippen LogP contribution is -2.09. The molecule has 2 rings (SSSR count). The van der Waals surface area contributed by atoms with Gasteiger partial charge in [-0.1, -0.05) is 6.92 Å². The standard InChI is InChI=1S/C15H16F4N2/c1-2-6-21-7-5-11(10-21)9-20-12-3-4-14(16)13(8-12)15(17,18)19/h3-5,7-8,10,20H,2,6,9H2,1H3. The molecule has 0 spiro atoms. The number of anilines is 1. The van der Waals surface area contributed by atoms with Crippen molar-refractivity contribution in [1.82, 2.24) is 4.57 Å². The third kappa shape index (κ3) is 4.00. The van der Waals surface area contributed by atoms with Gasteiger partial charge in [-0.3, -0.25) is 0 Å². The van der Waals surface area contributed by atoms with Crippen molar-refractivity contribution in [3.8, 4) is 0 Å². The summed E-state index contributed by atoms with van der Waals surface area (Å²) in [6, 6.07) is 4.82. The zero-order chi connectivity index (χ0) is 15.5. The first-order valence-electron chi connectivity index (χ1n) is 6.65. The van der Waals surface area contributed by atoms with E-state index in [4.69, 9.17) is 0 Å². The molecule has 0 atom stereocenters. The molecular weight excluding hydrogens is 284 g/mol. The molecule has 0 aliphatic carbocycles. The highest BCUT2D eigenvalue weighted by Gasteiger charge is 2.34. The highest BCUT2D eigenvalue weighted by atomic mass is 19.4. The normalized spacial score (nSPS) is 11.7. The second-order valence-corrected chi connectivity index (χ2v) is 4.80. The maximum atomic E-state index is 13.2. The Morgan fingerprint density at radius 3 is 2.62 bits per heavy atom. The smallest absolute Gasteiger partial charge is 0.381 e. The molecule has 0 bridgehead atoms. The first-order chi connectivity index (χ1) is 9.90. The summed E-state index contributed by atoms with van der Waals surface area (Å²) in [5, 5.41) is 2.88. The van der Waals surface area contributed by atoms with E-state index >= 15 is 0 Å². The Morgan fingerprint density at radius 2 is 1.95 bits per heavy atom. The van der Waals surface area contributed by atoms with E-state index in [2.05, 4.69) is 12.2 Å². The Balaban J connectivity index is 2.06. The SMILES string of the molecule is CCCn1ccc(CNc2ccc(F)c(C(F)(F)F)c2)c1. The molecule has 0 amide bonds. The number of hydrogen-bond acceptors (Lipinski definition) is 1. The molecule has 0 radical (unpaired) electrons. The van der Waals surface area contributed by atoms with Crippen LogP contribution in [-0.4, -0.2) is 4.57 Å². The first-order valence-corrected chi connectivity index (χ1v) is 6.65. The van der Waals surface area contributed by atoms with Gasteiger partial charge in [0.05, 0.1) is 5.56 Å². The van der Waals surface area contributed by atoms with Crippen LogP contribution in [0.5, 0.6) is 0 Å². The van der Waals surface area contributed by atoms with Gasteiger partial charge in [0.2, 0.25) is 0 Å². The van der Waals surface area contributed by atoms with Gasteiger partial charge in [0.15, 0.2) is 0 Å². The molecule has 2 nitrogen and oxygen atoms in total. The molecule has 114 valence electrons. The fourth-order valence-electron chi connectivity index (χ4n) is 2.05. The van der Waals surface area contributed by atoms with Crippen molar-refractivity contribution in [3.63, 3.8) is 0 Å². The zero-order valence-electron chi connectivity index (χ0n) is 11.5. The summed E-state index contributed by atoms with van der Waals surface area (Å²) < 4.78 is 53.0. The van der Waals surface area contributed by atoms with Gasteiger partial charge < -0.3 is 9.88 Å². The summed E-state index contributed by atoms with van der Waals surface area (Å²) in [5.41, 5.74) is -0.0515. The third-order valence-electron chi connectivity index (χ3n) is 3.06. The lowest BCUT2D eigenvalue weighted by atomic mass is 10.1. The van der Waals surface area contributed by atoms with Crippen LogP contribution in [0.3, 0.4) is 0 Å². The number of halogens is 4. The summed E-state index contributed by atoms with van der Waals surface area (Å²) in [6.45, 7) is 3.35. The van der Waals surface area contributed by atoms with Crippen LogP contribution in [0.25, 0.3) is 0 Å². The van der Waals surface area contributed by atoms with Gasteiger partial charge in [0.25, 0.3) is 0 Å². The third-order valence-corrected chi connectivity index (χ3v) is 3.06. The van der Waals surface area contributed by atoms with Crippen molar-refractivity contribution in [3.05, 3.63) is 53.6 Å². The Hall–Kier alpha value is -1.98. The van der Waals surface area contributed by atoms with E-state index < -0.39 is 17.6 Å². The average Bonchev–Trinajstić information content (AvgIpc) is 2.85. The van der Waals surface area contributed by atoms with Gasteiger partial charge in [0, 0.05) is 31.2 Å². The molecule has 1 heterocycles. The first kappa shape index (κ1) is 15.4. The van der Waals surface area contributed by atoms with E-state index in [1.54, 1.807) is 0 Å². The molecule has 0 saturated carbocycles. The predicted molar refractivity (Wildman–Crippen MR) is 73.5 cm³/mol. The summed E-state index contributed by atoms with van der Waals surface area (Å²) in [5.74, 6) is -1.26. The molecule has 0 saturated heterocycles. The average molecular weight is 300 g/mol. The van der Waals surface area contributed by atoms with Crippen molar-refractivity contribution in [2.24, 2.45) is 0 Å². The highest BCUT2D eigenvalue weighted by Crippen LogP contribution is 2.33. The zero-order valence-corrected chi connectivity index (χ0v) is 11.5. The number of benzene rings is 1. The van der Waals surface area contributed by atoms with Crippen LogP contribution in [0, 0.1) is 5.82 Å². The maximum Gasteiger partial charge on any atom is 0.419 e. The fraction of sp³-hybridized carbons (Fsp3) is 0.333. The summed E-state index contributed by atoms with van der Waals surface area (Å²) in [4.78, 5) is 0. The maximum absolute atomic E-state index is 13.2. The minimum Gasteiger partial charge on any atom is -0.381 e. The summed E-state index contributed by atoms with van der Waals surface area (Å²) >= 11 is 0. The largest absolute Gasteiger partial charge is 0.419 e. The Bertz CT molecular complexity index is 602. The number of nitrogens with one attached hydrogen (secondary N) is 1. The van der Waals surface area contributed by atoms with Crippen LogP contribution in [0.15, 0.2) is 36.7 Å². The number of nitrogens with zero attached hydrogens (tertiary/aromatic N) is 1. The van der Waals surface area contributed by atoms with E-state index in [1.165, 1.54) is 6.07 Å². The van der Waals surface area contributed by atoms with Gasteiger partial charge in [-0.25, -0.2) is 4.39 Å². The molecule has 0 fully saturated rings. The van der Waals surface area contributed by atoms with E-state index in [0.29, 0.717) is 6.54 Å². The molecule has 1 aromatic carbocycles. The lowest BCUT2D eigenvalue weighted by Gasteiger charge is -2.11. The van der Waals surface area contributed by atoms with Gasteiger partial charge in [0.1, 0.15) is 5.82 Å². The van der Waals surface area contributed by atoms with E-state index in [9.17, 15) is 17.6 Å². The lowest BCUT2D eigenvalue weighted by molar-refractivity contribution is -0.139. The number of alkyl halides is 3. The quantitative estimate of drug-likeness (QED) is 0.794. The molecular formula is C15H16F4N2. The van der Waals surface area contributed by atoms with Crippen molar-refractivity contribution in [1.29, 1.82) is 0 Å². The topological polar surface area (TPSA) is 17.0 Å². The monoisotopic (exact) mass is 300 g/mol. The van der Waals surface area contributed by atoms with Crippen LogP contribution in [-0.2, 0) is 19.3 Å². The molecule has 1 aromatic heterocycles. The van der Waals surface area contributed by atoms with Gasteiger partial charge in [-0.2, -0.15) is 13.2 Å². The van der Waals surface area contributed by atoms with Crippen molar-refractivity contribution in [2.75, 3.05) is 5.32 Å². The molecule has 21 heavy (non-hydrogen) atoms. The van der Waals surface area contributed by atoms with Crippen molar-refractivity contribution in [2.45, 2.75) is 32.6 Å². The Morgan fingerprint density at radius 1 is 1.19 bits per heavy atom. The van der Waals surface area contributed by atoms with Gasteiger partial charge >= 0.3 is 6.18 Å². The van der Waals surface area contributed by atoms with Crippen LogP contribution < -0.4 is 5.32 Å². The molecule has 1 N–H and O–H groups in total. The minimum atomic E-state index is -4.69. The molecule has 0 unspecified atom stereocenters. The van der Waals surface area contributed by atoms with Crippen LogP contribution in [0.1, 0.15) is 24.5 Å². The van der Waals surface area contributed by atoms with E-state index in [0.717, 1.165) is 30.7 Å². The van der Waals surface area contributed by atoms with Gasteiger partial charge in [-0.05, 0) is 36.2 Å². The highest BCUT2D eigenvalue weighted by molar-refractivity contribution is 5.47. The summed E-state index contributed by atoms with van der Waals surface area (Å²) in [6.07, 6.45) is 0.178. The minimum absolute atomic E-state index is 0.243. The van der Waals surface area contributed by atoms with Gasteiger partial charge in [-0.15, -0.1) is 0 Å². The Labute approximate surface area is 120 Å². The second kappa shape index (κ2) is 6.20. The molecule has 2 aromatic rings. The number of aromatic nitrogens is 1. The Kier molecular flexibility index (Phi) is 4.55. The molecule has 6 heteroatoms. The van der Waals surface area contributed by atoms with Crippen molar-refractivity contribution >= 4 is 5.69 Å². The van der Waals surface area contributed by atoms with E-state index in [-0.39, 0.29) is 5.69 Å². The number of aryl methyl sites for hydroxylation is 1. The van der Waals surface area contributed by atoms with Crippen molar-refractivity contribution < 1.29 is 17.6 Å². The molecule has 0 aliphatic rings. The summed E-state index contributed by atoms with van der Waals surface area (Å²) in [7, 11) is 0. The predicted octanol–water partition coefficient (Wildman–Crippen LogP) is 4.67. The number of rotatable bonds is 5. The van der Waals surface area contributed by atoms with Crippen LogP contribution in [0.2, 0.25) is 0 Å².